The summed E-state index contributed by atoms with van der Waals surface area (Å²) < 4.78 is 12.1. The first-order valence-corrected chi connectivity index (χ1v) is 10.7. The van der Waals surface area contributed by atoms with E-state index >= 15 is 0 Å². The quantitative estimate of drug-likeness (QED) is 0.321. The molecule has 0 aliphatic rings. The number of methoxy groups -OCH3 is 2. The second-order valence-electron chi connectivity index (χ2n) is 7.13. The number of hydrogen-bond donors (Lipinski definition) is 1. The first-order valence-electron chi connectivity index (χ1n) is 10.1. The van der Waals surface area contributed by atoms with Gasteiger partial charge in [-0.1, -0.05) is 49.4 Å². The predicted molar refractivity (Wildman–Crippen MR) is 115 cm³/mol. The highest BCUT2D eigenvalue weighted by molar-refractivity contribution is 7.13. The van der Waals surface area contributed by atoms with Crippen LogP contribution < -0.4 is 5.09 Å². The van der Waals surface area contributed by atoms with E-state index in [-0.39, 0.29) is 0 Å². The largest absolute Gasteiger partial charge is 0.337 e. The summed E-state index contributed by atoms with van der Waals surface area (Å²) in [7, 11) is 12.6. The zero-order valence-electron chi connectivity index (χ0n) is 18.6. The Balaban J connectivity index is 6.28. The molecule has 6 nitrogen and oxygen atoms in total. The van der Waals surface area contributed by atoms with Crippen LogP contribution in [0.5, 0.6) is 0 Å². The first kappa shape index (κ1) is 26.2. The van der Waals surface area contributed by atoms with Gasteiger partial charge in [0, 0.05) is 33.9 Å². The number of hydrogen-bond acceptors (Lipinski definition) is 6. The molecule has 0 fully saturated rings. The van der Waals surface area contributed by atoms with Crippen molar-refractivity contribution in [2.45, 2.75) is 71.0 Å². The maximum Gasteiger partial charge on any atom is 0.278 e. The topological polar surface area (TPSA) is 40.2 Å². The summed E-state index contributed by atoms with van der Waals surface area (Å²) in [5.74, 6) is -1.59. The molecule has 0 aromatic heterocycles. The van der Waals surface area contributed by atoms with Crippen LogP contribution in [0, 0.1) is 0 Å². The third-order valence-electron chi connectivity index (χ3n) is 5.34. The minimum Gasteiger partial charge on any atom is -0.337 e. The lowest BCUT2D eigenvalue weighted by Gasteiger charge is -2.60. The average molecular weight is 393 g/mol. The van der Waals surface area contributed by atoms with Gasteiger partial charge >= 0.3 is 0 Å². The van der Waals surface area contributed by atoms with Gasteiger partial charge in [0.1, 0.15) is 0 Å². The van der Waals surface area contributed by atoms with Gasteiger partial charge in [-0.05, 0) is 40.4 Å². The van der Waals surface area contributed by atoms with Gasteiger partial charge in [-0.15, -0.1) is 0 Å². The van der Waals surface area contributed by atoms with E-state index in [1.807, 2.05) is 0 Å². The molecule has 0 aromatic rings. The van der Waals surface area contributed by atoms with Crippen LogP contribution in [0.15, 0.2) is 0 Å². The van der Waals surface area contributed by atoms with Crippen molar-refractivity contribution >= 4 is 9.39 Å². The van der Waals surface area contributed by atoms with Crippen LogP contribution in [0.3, 0.4) is 0 Å². The number of rotatable bonds is 16. The van der Waals surface area contributed by atoms with E-state index in [1.165, 1.54) is 0 Å². The normalized spacial score (nSPS) is 13.4. The highest BCUT2D eigenvalue weighted by Crippen LogP contribution is 2.37. The van der Waals surface area contributed by atoms with Crippen molar-refractivity contribution in [3.63, 3.8) is 0 Å². The zero-order valence-corrected chi connectivity index (χ0v) is 19.8. The monoisotopic (exact) mass is 392 g/mol. The SMILES string of the molecule is CCCCN(C)C(N(C)CCCC)(N(C)CCCC)C(NP)(OC)OC. The van der Waals surface area contributed by atoms with E-state index in [1.54, 1.807) is 14.2 Å². The van der Waals surface area contributed by atoms with Crippen LogP contribution in [0.4, 0.5) is 0 Å². The van der Waals surface area contributed by atoms with E-state index in [4.69, 9.17) is 9.47 Å². The molecule has 1 atom stereocenters. The van der Waals surface area contributed by atoms with E-state index in [0.717, 1.165) is 58.2 Å². The Morgan fingerprint density at radius 3 is 1.23 bits per heavy atom. The molecule has 0 saturated carbocycles. The highest BCUT2D eigenvalue weighted by atomic mass is 31.0. The second-order valence-corrected chi connectivity index (χ2v) is 7.42. The fourth-order valence-electron chi connectivity index (χ4n) is 3.85. The van der Waals surface area contributed by atoms with Crippen LogP contribution in [0.2, 0.25) is 0 Å². The number of unbranched alkanes of at least 4 members (excludes halogenated alkanes) is 3. The van der Waals surface area contributed by atoms with Crippen molar-refractivity contribution in [2.24, 2.45) is 0 Å². The van der Waals surface area contributed by atoms with Crippen LogP contribution in [-0.4, -0.2) is 81.4 Å². The minimum atomic E-state index is -1.01. The molecule has 0 aromatic carbocycles. The zero-order chi connectivity index (χ0) is 20.2. The van der Waals surface area contributed by atoms with Crippen LogP contribution in [0.1, 0.15) is 59.3 Å². The molecular weight excluding hydrogens is 347 g/mol. The molecule has 0 rings (SSSR count). The summed E-state index contributed by atoms with van der Waals surface area (Å²) in [5, 5.41) is 3.28. The number of nitrogens with one attached hydrogen (secondary N) is 1. The molecule has 0 aliphatic carbocycles. The lowest BCUT2D eigenvalue weighted by atomic mass is 10.1. The summed E-state index contributed by atoms with van der Waals surface area (Å²) >= 11 is 0. The van der Waals surface area contributed by atoms with Gasteiger partial charge in [-0.2, -0.15) is 0 Å². The van der Waals surface area contributed by atoms with Crippen LogP contribution in [0.25, 0.3) is 0 Å². The Morgan fingerprint density at radius 1 is 0.731 bits per heavy atom. The summed E-state index contributed by atoms with van der Waals surface area (Å²) in [6, 6.07) is 0. The Morgan fingerprint density at radius 2 is 1.04 bits per heavy atom. The summed E-state index contributed by atoms with van der Waals surface area (Å²) in [4.78, 5) is 7.14. The molecule has 0 spiro atoms. The van der Waals surface area contributed by atoms with Crippen molar-refractivity contribution < 1.29 is 9.47 Å². The molecule has 1 unspecified atom stereocenters. The van der Waals surface area contributed by atoms with Crippen molar-refractivity contribution in [3.8, 4) is 0 Å². The molecule has 0 amide bonds. The average Bonchev–Trinajstić information content (AvgIpc) is 2.66. The van der Waals surface area contributed by atoms with Crippen LogP contribution >= 0.6 is 9.39 Å². The lowest BCUT2D eigenvalue weighted by Crippen LogP contribution is -2.82. The molecule has 0 radical (unpaired) electrons. The standard InChI is InChI=1S/C19H45N4O2P/c1-9-12-15-21(4)19(22(5)16-13-10-2,23(6)17-14-11-3)18(20-26,24-7)25-8/h20H,9-17,26H2,1-8H3. The Labute approximate surface area is 165 Å². The predicted octanol–water partition coefficient (Wildman–Crippen LogP) is 3.16. The van der Waals surface area contributed by atoms with E-state index < -0.39 is 11.7 Å². The smallest absolute Gasteiger partial charge is 0.278 e. The number of nitrogens with zero attached hydrogens (tertiary/aromatic N) is 3. The Kier molecular flexibility index (Phi) is 13.5. The van der Waals surface area contributed by atoms with Gasteiger partial charge in [0.25, 0.3) is 5.91 Å². The maximum absolute atomic E-state index is 6.03. The molecule has 26 heavy (non-hydrogen) atoms. The first-order chi connectivity index (χ1) is 12.4. The van der Waals surface area contributed by atoms with Crippen molar-refractivity contribution in [1.82, 2.24) is 19.8 Å². The van der Waals surface area contributed by atoms with E-state index in [0.29, 0.717) is 0 Å². The minimum absolute atomic E-state index is 0.586. The molecule has 0 heterocycles. The Hall–Kier alpha value is 0.190. The van der Waals surface area contributed by atoms with Crippen LogP contribution in [-0.2, 0) is 9.47 Å². The molecule has 0 aliphatic heterocycles. The molecule has 1 N–H and O–H groups in total. The van der Waals surface area contributed by atoms with Crippen molar-refractivity contribution in [1.29, 1.82) is 0 Å². The molecular formula is C19H45N4O2P. The van der Waals surface area contributed by atoms with Gasteiger partial charge in [0.2, 0.25) is 5.79 Å². The Bertz CT molecular complexity index is 312. The van der Waals surface area contributed by atoms with Gasteiger partial charge in [0.05, 0.1) is 0 Å². The highest BCUT2D eigenvalue weighted by Gasteiger charge is 2.60. The summed E-state index contributed by atoms with van der Waals surface area (Å²) in [6.45, 7) is 9.57. The third kappa shape index (κ3) is 5.60. The fraction of sp³-hybridized carbons (Fsp3) is 1.00. The summed E-state index contributed by atoms with van der Waals surface area (Å²) in [6.07, 6.45) is 6.84. The fourth-order valence-corrected chi connectivity index (χ4v) is 4.28. The van der Waals surface area contributed by atoms with Crippen molar-refractivity contribution in [3.05, 3.63) is 0 Å². The van der Waals surface area contributed by atoms with Gasteiger partial charge in [-0.25, -0.2) is 5.09 Å². The molecule has 7 heteroatoms. The third-order valence-corrected chi connectivity index (χ3v) is 5.72. The van der Waals surface area contributed by atoms with E-state index in [9.17, 15) is 0 Å². The van der Waals surface area contributed by atoms with Gasteiger partial charge in [-0.3, -0.25) is 14.7 Å². The molecule has 0 saturated heterocycles. The lowest BCUT2D eigenvalue weighted by molar-refractivity contribution is -0.361. The van der Waals surface area contributed by atoms with E-state index in [2.05, 4.69) is 71.1 Å². The molecule has 158 valence electrons. The molecule has 0 bridgehead atoms. The van der Waals surface area contributed by atoms with Crippen molar-refractivity contribution in [2.75, 3.05) is 55.0 Å². The number of likely N-dealkylation sites (N-methyl/N-ethyl adjacent to an activating group) is 3. The second kappa shape index (κ2) is 13.4. The summed E-state index contributed by atoms with van der Waals surface area (Å²) in [5.41, 5.74) is 0. The maximum atomic E-state index is 6.03. The van der Waals surface area contributed by atoms with Gasteiger partial charge < -0.3 is 9.47 Å². The van der Waals surface area contributed by atoms with Gasteiger partial charge in [0.15, 0.2) is 0 Å². The number of ether oxygens (including phenoxy) is 2.